The lowest BCUT2D eigenvalue weighted by atomic mass is 10.1. The second-order valence-electron chi connectivity index (χ2n) is 8.67. The highest BCUT2D eigenvalue weighted by Gasteiger charge is 2.36. The minimum atomic E-state index is -4.84. The number of hydrogen-bond acceptors (Lipinski definition) is 4. The van der Waals surface area contributed by atoms with Crippen molar-refractivity contribution in [1.29, 1.82) is 0 Å². The zero-order chi connectivity index (χ0) is 28.1. The van der Waals surface area contributed by atoms with Crippen LogP contribution in [0.2, 0.25) is 10.0 Å². The van der Waals surface area contributed by atoms with Gasteiger partial charge in [-0.1, -0.05) is 42.3 Å². The van der Waals surface area contributed by atoms with Gasteiger partial charge in [-0.15, -0.1) is 0 Å². The molecule has 0 aliphatic heterocycles. The summed E-state index contributed by atoms with van der Waals surface area (Å²) in [6.45, 7) is 4.29. The molecule has 0 unspecified atom stereocenters. The van der Waals surface area contributed by atoms with Gasteiger partial charge in [-0.25, -0.2) is 8.42 Å². The fourth-order valence-electron chi connectivity index (χ4n) is 3.59. The van der Waals surface area contributed by atoms with Crippen LogP contribution in [-0.4, -0.2) is 50.0 Å². The lowest BCUT2D eigenvalue weighted by molar-refractivity contribution is -0.140. The van der Waals surface area contributed by atoms with E-state index in [1.165, 1.54) is 4.90 Å². The average Bonchev–Trinajstić information content (AvgIpc) is 2.77. The lowest BCUT2D eigenvalue weighted by Crippen LogP contribution is -2.53. The maximum Gasteiger partial charge on any atom is 0.417 e. The number of alkyl halides is 3. The number of carbonyl (C=O) groups excluding carboxylic acids is 2. The Bertz CT molecular complexity index is 1220. The van der Waals surface area contributed by atoms with Crippen molar-refractivity contribution in [3.05, 3.63) is 63.6 Å². The van der Waals surface area contributed by atoms with Crippen molar-refractivity contribution >= 4 is 50.7 Å². The fourth-order valence-corrected chi connectivity index (χ4v) is 4.78. The molecule has 204 valence electrons. The molecular formula is C24H28Cl2F3N3O4S. The first-order chi connectivity index (χ1) is 17.0. The van der Waals surface area contributed by atoms with Crippen LogP contribution < -0.4 is 9.62 Å². The Balaban J connectivity index is 2.52. The Labute approximate surface area is 224 Å². The zero-order valence-electron chi connectivity index (χ0n) is 20.6. The van der Waals surface area contributed by atoms with Gasteiger partial charge in [0.25, 0.3) is 0 Å². The molecule has 2 rings (SSSR count). The number of nitrogens with zero attached hydrogens (tertiary/aromatic N) is 2. The van der Waals surface area contributed by atoms with Gasteiger partial charge in [0.15, 0.2) is 0 Å². The van der Waals surface area contributed by atoms with Crippen LogP contribution in [0.15, 0.2) is 42.5 Å². The third-order valence-corrected chi connectivity index (χ3v) is 7.03. The molecule has 0 aliphatic rings. The van der Waals surface area contributed by atoms with Crippen LogP contribution in [0, 0.1) is 0 Å². The number of carbonyl (C=O) groups is 2. The summed E-state index contributed by atoms with van der Waals surface area (Å²) in [6.07, 6.45) is -3.87. The van der Waals surface area contributed by atoms with E-state index in [1.807, 2.05) is 0 Å². The summed E-state index contributed by atoms with van der Waals surface area (Å²) in [5.41, 5.74) is -1.02. The summed E-state index contributed by atoms with van der Waals surface area (Å²) < 4.78 is 66.0. The molecule has 0 heterocycles. The van der Waals surface area contributed by atoms with E-state index >= 15 is 0 Å². The van der Waals surface area contributed by atoms with Crippen LogP contribution in [0.5, 0.6) is 0 Å². The van der Waals surface area contributed by atoms with Gasteiger partial charge in [-0.05, 0) is 56.2 Å². The molecule has 0 aromatic heterocycles. The summed E-state index contributed by atoms with van der Waals surface area (Å²) in [6, 6.07) is 7.88. The number of halogens is 5. The first kappa shape index (κ1) is 30.7. The normalized spacial score (nSPS) is 12.8. The summed E-state index contributed by atoms with van der Waals surface area (Å²) in [5, 5.41) is 2.59. The molecule has 0 bridgehead atoms. The maximum absolute atomic E-state index is 13.5. The number of hydrogen-bond donors (Lipinski definition) is 1. The molecular weight excluding hydrogens is 554 g/mol. The average molecular weight is 582 g/mol. The monoisotopic (exact) mass is 581 g/mol. The van der Waals surface area contributed by atoms with Crippen molar-refractivity contribution in [1.82, 2.24) is 10.2 Å². The van der Waals surface area contributed by atoms with E-state index in [0.717, 1.165) is 18.4 Å². The highest BCUT2D eigenvalue weighted by atomic mass is 35.5. The van der Waals surface area contributed by atoms with Gasteiger partial charge in [0.05, 0.1) is 22.5 Å². The molecule has 1 atom stereocenters. The Hall–Kier alpha value is -2.50. The number of amides is 2. The van der Waals surface area contributed by atoms with E-state index in [2.05, 4.69) is 5.32 Å². The van der Waals surface area contributed by atoms with Crippen molar-refractivity contribution in [3.63, 3.8) is 0 Å². The van der Waals surface area contributed by atoms with Crippen LogP contribution in [0.4, 0.5) is 18.9 Å². The van der Waals surface area contributed by atoms with E-state index in [1.54, 1.807) is 45.0 Å². The SMILES string of the molecule is CC[C@@H](C(=O)NC(C)C)N(Cc1ccc(Cl)cc1)C(=O)CN(c1ccc(Cl)c(C(F)(F)F)c1)S(C)(=O)=O. The molecule has 0 fully saturated rings. The van der Waals surface area contributed by atoms with Crippen molar-refractivity contribution in [3.8, 4) is 0 Å². The lowest BCUT2D eigenvalue weighted by Gasteiger charge is -2.33. The van der Waals surface area contributed by atoms with Gasteiger partial charge in [-0.2, -0.15) is 13.2 Å². The molecule has 7 nitrogen and oxygen atoms in total. The molecule has 2 aromatic rings. The maximum atomic E-state index is 13.5. The molecule has 0 radical (unpaired) electrons. The van der Waals surface area contributed by atoms with Crippen LogP contribution in [0.25, 0.3) is 0 Å². The van der Waals surface area contributed by atoms with E-state index in [0.29, 0.717) is 21.0 Å². The fraction of sp³-hybridized carbons (Fsp3) is 0.417. The van der Waals surface area contributed by atoms with Crippen LogP contribution in [0.3, 0.4) is 0 Å². The smallest absolute Gasteiger partial charge is 0.352 e. The Morgan fingerprint density at radius 1 is 1.05 bits per heavy atom. The molecule has 0 spiro atoms. The highest BCUT2D eigenvalue weighted by molar-refractivity contribution is 7.92. The first-order valence-corrected chi connectivity index (χ1v) is 13.8. The molecule has 2 aromatic carbocycles. The molecule has 13 heteroatoms. The third kappa shape index (κ3) is 8.51. The number of anilines is 1. The largest absolute Gasteiger partial charge is 0.417 e. The Morgan fingerprint density at radius 2 is 1.65 bits per heavy atom. The van der Waals surface area contributed by atoms with E-state index in [9.17, 15) is 31.2 Å². The summed E-state index contributed by atoms with van der Waals surface area (Å²) in [5.74, 6) is -1.23. The first-order valence-electron chi connectivity index (χ1n) is 11.2. The molecule has 0 saturated heterocycles. The van der Waals surface area contributed by atoms with E-state index in [4.69, 9.17) is 23.2 Å². The molecule has 1 N–H and O–H groups in total. The van der Waals surface area contributed by atoms with Crippen molar-refractivity contribution < 1.29 is 31.2 Å². The number of nitrogens with one attached hydrogen (secondary N) is 1. The molecule has 37 heavy (non-hydrogen) atoms. The quantitative estimate of drug-likeness (QED) is 0.422. The topological polar surface area (TPSA) is 86.8 Å². The van der Waals surface area contributed by atoms with Crippen molar-refractivity contribution in [2.24, 2.45) is 0 Å². The highest BCUT2D eigenvalue weighted by Crippen LogP contribution is 2.37. The third-order valence-electron chi connectivity index (χ3n) is 5.31. The summed E-state index contributed by atoms with van der Waals surface area (Å²) in [7, 11) is -4.21. The van der Waals surface area contributed by atoms with Gasteiger partial charge in [0.2, 0.25) is 21.8 Å². The second-order valence-corrected chi connectivity index (χ2v) is 11.4. The van der Waals surface area contributed by atoms with Crippen LogP contribution in [0.1, 0.15) is 38.3 Å². The van der Waals surface area contributed by atoms with Crippen LogP contribution >= 0.6 is 23.2 Å². The summed E-state index contributed by atoms with van der Waals surface area (Å²) >= 11 is 11.6. The molecule has 0 saturated carbocycles. The minimum Gasteiger partial charge on any atom is -0.352 e. The number of benzene rings is 2. The Morgan fingerprint density at radius 3 is 2.14 bits per heavy atom. The van der Waals surface area contributed by atoms with Gasteiger partial charge in [0, 0.05) is 17.6 Å². The minimum absolute atomic E-state index is 0.0634. The summed E-state index contributed by atoms with van der Waals surface area (Å²) in [4.78, 5) is 27.7. The number of rotatable bonds is 10. The predicted molar refractivity (Wildman–Crippen MR) is 138 cm³/mol. The van der Waals surface area contributed by atoms with Crippen molar-refractivity contribution in [2.45, 2.75) is 52.0 Å². The van der Waals surface area contributed by atoms with Crippen LogP contribution in [-0.2, 0) is 32.3 Å². The van der Waals surface area contributed by atoms with Crippen molar-refractivity contribution in [2.75, 3.05) is 17.1 Å². The standard InChI is InChI=1S/C24H28Cl2F3N3O4S/c1-5-21(23(34)30-15(2)3)31(13-16-6-8-17(25)9-7-16)22(33)14-32(37(4,35)36)18-10-11-20(26)19(12-18)24(27,28)29/h6-12,15,21H,5,13-14H2,1-4H3,(H,30,34)/t21-/m0/s1. The van der Waals surface area contributed by atoms with Gasteiger partial charge in [0.1, 0.15) is 12.6 Å². The second kappa shape index (κ2) is 12.4. The predicted octanol–water partition coefficient (Wildman–Crippen LogP) is 5.11. The van der Waals surface area contributed by atoms with Gasteiger partial charge >= 0.3 is 6.18 Å². The van der Waals surface area contributed by atoms with Gasteiger partial charge in [-0.3, -0.25) is 13.9 Å². The number of sulfonamides is 1. The van der Waals surface area contributed by atoms with E-state index < -0.39 is 56.9 Å². The molecule has 0 aliphatic carbocycles. The molecule has 2 amide bonds. The Kier molecular flexibility index (Phi) is 10.3. The van der Waals surface area contributed by atoms with E-state index in [-0.39, 0.29) is 19.0 Å². The zero-order valence-corrected chi connectivity index (χ0v) is 23.0. The van der Waals surface area contributed by atoms with Gasteiger partial charge < -0.3 is 10.2 Å².